The van der Waals surface area contributed by atoms with E-state index in [1.165, 1.54) is 0 Å². The van der Waals surface area contributed by atoms with Crippen LogP contribution in [-0.2, 0) is 31.0 Å². The van der Waals surface area contributed by atoms with Crippen LogP contribution in [0.1, 0.15) is 63.4 Å². The topological polar surface area (TPSA) is 147 Å². The average Bonchev–Trinajstić information content (AvgIpc) is 4.03. The fraction of sp³-hybridized carbons (Fsp3) is 0.459. The molecule has 0 spiro atoms. The van der Waals surface area contributed by atoms with Crippen molar-refractivity contribution in [1.29, 1.82) is 0 Å². The van der Waals surface area contributed by atoms with E-state index < -0.39 is 50.8 Å². The normalized spacial score (nSPS) is 28.4. The van der Waals surface area contributed by atoms with Crippen LogP contribution in [0.3, 0.4) is 0 Å². The Morgan fingerprint density at radius 3 is 2.61 bits per heavy atom. The third-order valence-electron chi connectivity index (χ3n) is 10.2. The van der Waals surface area contributed by atoms with Crippen molar-refractivity contribution in [2.45, 2.75) is 93.3 Å². The van der Waals surface area contributed by atoms with Gasteiger partial charge in [0.15, 0.2) is 0 Å². The van der Waals surface area contributed by atoms with Gasteiger partial charge < -0.3 is 20.3 Å². The number of allylic oxidation sites excluding steroid dienone is 1. The minimum atomic E-state index is -3.83. The number of ether oxygens (including phenoxy) is 1. The van der Waals surface area contributed by atoms with Crippen LogP contribution < -0.4 is 20.1 Å². The average molecular weight is 686 g/mol. The number of sulfonamides is 1. The SMILES string of the molecule is O=C1N[C@]2(C(=O)NS(=O)(=O)C3CC3)C[C@H]2/C=C\CCCCC[C@H](NCc2ccccc2)C(=O)N2C[C@H](Oc3nccc4ccccc34)C[C@@H]12. The quantitative estimate of drug-likeness (QED) is 0.304. The highest BCUT2D eigenvalue weighted by Crippen LogP contribution is 2.46. The zero-order valence-electron chi connectivity index (χ0n) is 27.4. The molecule has 3 amide bonds. The second-order valence-electron chi connectivity index (χ2n) is 13.8. The van der Waals surface area contributed by atoms with Crippen molar-refractivity contribution < 1.29 is 27.5 Å². The van der Waals surface area contributed by atoms with Crippen LogP contribution in [0.4, 0.5) is 0 Å². The van der Waals surface area contributed by atoms with Gasteiger partial charge in [-0.15, -0.1) is 0 Å². The molecule has 4 aliphatic rings. The van der Waals surface area contributed by atoms with Crippen molar-refractivity contribution in [3.63, 3.8) is 0 Å². The van der Waals surface area contributed by atoms with Crippen LogP contribution in [0.15, 0.2) is 79.0 Å². The molecule has 2 aliphatic heterocycles. The molecule has 1 saturated heterocycles. The van der Waals surface area contributed by atoms with Crippen LogP contribution in [-0.4, -0.2) is 71.5 Å². The zero-order chi connectivity index (χ0) is 34.0. The molecule has 12 heteroatoms. The van der Waals surface area contributed by atoms with E-state index >= 15 is 0 Å². The van der Waals surface area contributed by atoms with E-state index in [0.717, 1.165) is 42.0 Å². The largest absolute Gasteiger partial charge is 0.472 e. The van der Waals surface area contributed by atoms with Crippen molar-refractivity contribution >= 4 is 38.5 Å². The molecule has 1 aromatic heterocycles. The Hall–Kier alpha value is -4.29. The van der Waals surface area contributed by atoms with E-state index in [1.807, 2.05) is 72.8 Å². The highest BCUT2D eigenvalue weighted by Gasteiger charge is 2.62. The molecule has 258 valence electrons. The van der Waals surface area contributed by atoms with Gasteiger partial charge in [0.25, 0.3) is 5.91 Å². The van der Waals surface area contributed by atoms with E-state index in [-0.39, 0.29) is 31.2 Å². The summed E-state index contributed by atoms with van der Waals surface area (Å²) in [5, 5.41) is 7.61. The van der Waals surface area contributed by atoms with E-state index in [2.05, 4.69) is 20.3 Å². The van der Waals surface area contributed by atoms with Gasteiger partial charge in [0.05, 0.1) is 17.8 Å². The Morgan fingerprint density at radius 1 is 1.00 bits per heavy atom. The van der Waals surface area contributed by atoms with Crippen LogP contribution in [0.2, 0.25) is 0 Å². The predicted octanol–water partition coefficient (Wildman–Crippen LogP) is 3.75. The Kier molecular flexibility index (Phi) is 9.43. The number of hydrogen-bond donors (Lipinski definition) is 3. The van der Waals surface area contributed by atoms with Gasteiger partial charge in [-0.2, -0.15) is 0 Å². The summed E-state index contributed by atoms with van der Waals surface area (Å²) in [5.74, 6) is -1.36. The van der Waals surface area contributed by atoms with Crippen molar-refractivity contribution in [3.8, 4) is 5.88 Å². The number of amides is 3. The molecule has 2 aromatic carbocycles. The van der Waals surface area contributed by atoms with Crippen molar-refractivity contribution in [2.24, 2.45) is 5.92 Å². The van der Waals surface area contributed by atoms with Crippen LogP contribution in [0.25, 0.3) is 10.8 Å². The molecule has 3 aromatic rings. The maximum Gasteiger partial charge on any atom is 0.259 e. The number of carbonyl (C=O) groups excluding carboxylic acids is 3. The Balaban J connectivity index is 1.18. The van der Waals surface area contributed by atoms with Crippen LogP contribution in [0.5, 0.6) is 5.88 Å². The van der Waals surface area contributed by atoms with Gasteiger partial charge in [-0.3, -0.25) is 19.1 Å². The highest BCUT2D eigenvalue weighted by atomic mass is 32.2. The molecule has 0 unspecified atom stereocenters. The predicted molar refractivity (Wildman–Crippen MR) is 185 cm³/mol. The summed E-state index contributed by atoms with van der Waals surface area (Å²) in [6.45, 7) is 0.648. The molecule has 0 radical (unpaired) electrons. The van der Waals surface area contributed by atoms with Gasteiger partial charge in [0.1, 0.15) is 17.7 Å². The Bertz CT molecular complexity index is 1840. The fourth-order valence-corrected chi connectivity index (χ4v) is 8.45. The van der Waals surface area contributed by atoms with Gasteiger partial charge >= 0.3 is 0 Å². The first kappa shape index (κ1) is 33.2. The smallest absolute Gasteiger partial charge is 0.259 e. The number of nitrogens with one attached hydrogen (secondary N) is 3. The fourth-order valence-electron chi connectivity index (χ4n) is 7.08. The number of pyridine rings is 1. The van der Waals surface area contributed by atoms with Gasteiger partial charge in [-0.25, -0.2) is 13.4 Å². The Labute approximate surface area is 286 Å². The second-order valence-corrected chi connectivity index (χ2v) is 15.7. The van der Waals surface area contributed by atoms with Crippen LogP contribution in [0, 0.1) is 5.92 Å². The van der Waals surface area contributed by atoms with Gasteiger partial charge in [-0.05, 0) is 61.6 Å². The van der Waals surface area contributed by atoms with Crippen molar-refractivity contribution in [1.82, 2.24) is 25.2 Å². The van der Waals surface area contributed by atoms with E-state index in [4.69, 9.17) is 4.74 Å². The summed E-state index contributed by atoms with van der Waals surface area (Å²) >= 11 is 0. The van der Waals surface area contributed by atoms with Gasteiger partial charge in [0, 0.05) is 30.5 Å². The summed E-state index contributed by atoms with van der Waals surface area (Å²) in [4.78, 5) is 48.4. The lowest BCUT2D eigenvalue weighted by molar-refractivity contribution is -0.141. The van der Waals surface area contributed by atoms with Gasteiger partial charge in [0.2, 0.25) is 27.7 Å². The lowest BCUT2D eigenvalue weighted by atomic mass is 10.0. The lowest BCUT2D eigenvalue weighted by Crippen LogP contribution is -2.58. The first-order valence-electron chi connectivity index (χ1n) is 17.4. The summed E-state index contributed by atoms with van der Waals surface area (Å²) < 4.78 is 34.2. The van der Waals surface area contributed by atoms with E-state index in [1.54, 1.807) is 11.1 Å². The molecule has 49 heavy (non-hydrogen) atoms. The minimum Gasteiger partial charge on any atom is -0.472 e. The maximum absolute atomic E-state index is 14.5. The molecular formula is C37H43N5O6S. The number of carbonyl (C=O) groups is 3. The number of nitrogens with zero attached hydrogens (tertiary/aromatic N) is 2. The molecular weight excluding hydrogens is 643 g/mol. The number of aromatic nitrogens is 1. The summed E-state index contributed by atoms with van der Waals surface area (Å²) in [5.41, 5.74) is -0.366. The molecule has 2 aliphatic carbocycles. The molecule has 11 nitrogen and oxygen atoms in total. The maximum atomic E-state index is 14.5. The number of hydrogen-bond acceptors (Lipinski definition) is 8. The molecule has 3 N–H and O–H groups in total. The molecule has 3 fully saturated rings. The second kappa shape index (κ2) is 13.9. The lowest BCUT2D eigenvalue weighted by Gasteiger charge is -2.30. The van der Waals surface area contributed by atoms with E-state index in [0.29, 0.717) is 31.7 Å². The number of fused-ring (bicyclic) bond motifs is 3. The molecule has 3 heterocycles. The molecule has 7 rings (SSSR count). The number of benzene rings is 2. The third kappa shape index (κ3) is 7.35. The third-order valence-corrected chi connectivity index (χ3v) is 12.0. The molecule has 5 atom stereocenters. The number of rotatable bonds is 8. The highest BCUT2D eigenvalue weighted by molar-refractivity contribution is 7.91. The first-order valence-corrected chi connectivity index (χ1v) is 18.9. The van der Waals surface area contributed by atoms with Crippen molar-refractivity contribution in [3.05, 3.63) is 84.6 Å². The standard InChI is InChI=1S/C37H43N5O6S/c43-33-32-21-28(48-34-30-15-10-9-13-26(30)19-20-38-34)24-42(32)35(44)31(39-23-25-11-5-4-6-12-25)16-8-3-1-2-7-14-27-22-37(27,40-33)36(45)41-49(46,47)29-17-18-29/h4-7,9-15,19-20,27-29,31-32,39H,1-3,8,16-18,21-24H2,(H,40,43)(H,41,45)/b14-7-/t27-,28-,31+,32+,37-/m1/s1. The van der Waals surface area contributed by atoms with E-state index in [9.17, 15) is 22.8 Å². The summed E-state index contributed by atoms with van der Waals surface area (Å²) in [7, 11) is -3.83. The van der Waals surface area contributed by atoms with Crippen molar-refractivity contribution in [2.75, 3.05) is 6.54 Å². The van der Waals surface area contributed by atoms with Crippen LogP contribution >= 0.6 is 0 Å². The molecule has 0 bridgehead atoms. The minimum absolute atomic E-state index is 0.157. The summed E-state index contributed by atoms with van der Waals surface area (Å²) in [6, 6.07) is 18.0. The zero-order valence-corrected chi connectivity index (χ0v) is 28.2. The Morgan fingerprint density at radius 2 is 1.80 bits per heavy atom. The monoisotopic (exact) mass is 685 g/mol. The first-order chi connectivity index (χ1) is 23.7. The molecule has 2 saturated carbocycles. The van der Waals surface area contributed by atoms with Gasteiger partial charge in [-0.1, -0.05) is 73.5 Å². The summed E-state index contributed by atoms with van der Waals surface area (Å²) in [6.07, 6.45) is 10.6.